The number of hydrogen-bond acceptors (Lipinski definition) is 5. The number of carbonyl (C=O) groups excluding carboxylic acids is 3. The highest BCUT2D eigenvalue weighted by Gasteiger charge is 2.49. The van der Waals surface area contributed by atoms with Crippen LogP contribution in [0.2, 0.25) is 0 Å². The van der Waals surface area contributed by atoms with E-state index >= 15 is 0 Å². The van der Waals surface area contributed by atoms with E-state index in [0.29, 0.717) is 30.5 Å². The lowest BCUT2D eigenvalue weighted by molar-refractivity contribution is -0.139. The van der Waals surface area contributed by atoms with Gasteiger partial charge in [0.2, 0.25) is 11.8 Å². The molecule has 36 heavy (non-hydrogen) atoms. The van der Waals surface area contributed by atoms with Crippen molar-refractivity contribution in [1.29, 1.82) is 0 Å². The molecule has 7 heteroatoms. The third kappa shape index (κ3) is 4.84. The van der Waals surface area contributed by atoms with Crippen LogP contribution in [0.4, 0.5) is 0 Å². The predicted octanol–water partition coefficient (Wildman–Crippen LogP) is 3.61. The number of nitrogens with zero attached hydrogens (tertiary/aromatic N) is 2. The fourth-order valence-electron chi connectivity index (χ4n) is 7.14. The van der Waals surface area contributed by atoms with Gasteiger partial charge in [0, 0.05) is 18.2 Å². The minimum atomic E-state index is -0.487. The average molecular weight is 496 g/mol. The molecular formula is C29H41N3O4. The number of amides is 2. The largest absolute Gasteiger partial charge is 0.368 e. The quantitative estimate of drug-likeness (QED) is 0.651. The summed E-state index contributed by atoms with van der Waals surface area (Å²) in [6.45, 7) is 7.21. The maximum atomic E-state index is 14.3. The van der Waals surface area contributed by atoms with Crippen LogP contribution in [-0.4, -0.2) is 71.8 Å². The zero-order valence-corrected chi connectivity index (χ0v) is 21.8. The molecule has 0 radical (unpaired) electrons. The Bertz CT molecular complexity index is 994. The molecule has 0 aromatic heterocycles. The van der Waals surface area contributed by atoms with Crippen LogP contribution in [0.25, 0.3) is 0 Å². The summed E-state index contributed by atoms with van der Waals surface area (Å²) in [4.78, 5) is 43.8. The van der Waals surface area contributed by atoms with Gasteiger partial charge in [-0.15, -0.1) is 0 Å². The molecule has 7 nitrogen and oxygen atoms in total. The van der Waals surface area contributed by atoms with Crippen LogP contribution < -0.4 is 5.73 Å². The lowest BCUT2D eigenvalue weighted by Crippen LogP contribution is -2.46. The fourth-order valence-corrected chi connectivity index (χ4v) is 7.14. The summed E-state index contributed by atoms with van der Waals surface area (Å²) in [5.41, 5.74) is 8.31. The van der Waals surface area contributed by atoms with Gasteiger partial charge in [-0.25, -0.2) is 0 Å². The molecule has 1 saturated carbocycles. The van der Waals surface area contributed by atoms with Gasteiger partial charge in [-0.05, 0) is 88.1 Å². The number of fused-ring (bicyclic) bond motifs is 1. The first-order chi connectivity index (χ1) is 17.3. The number of piperidine rings is 1. The molecule has 5 rings (SSSR count). The van der Waals surface area contributed by atoms with Crippen LogP contribution in [0, 0.1) is 5.92 Å². The van der Waals surface area contributed by atoms with Crippen LogP contribution in [-0.2, 0) is 14.3 Å². The van der Waals surface area contributed by atoms with Crippen molar-refractivity contribution in [2.75, 3.05) is 26.2 Å². The zero-order chi connectivity index (χ0) is 25.4. The van der Waals surface area contributed by atoms with Gasteiger partial charge < -0.3 is 20.3 Å². The SMILES string of the molecule is CC(C)N1CCC(c2ccc(C(N)=O)c([C@@H](C(=O)N3CC[C@H]4OCC(=O)[C@H]43)C3CCCCC3)c2)CC1. The third-order valence-electron chi connectivity index (χ3n) is 9.19. The number of primary amides is 1. The topological polar surface area (TPSA) is 92.9 Å². The standard InChI is InChI=1S/C29H41N3O4/c1-18(2)31-13-10-19(11-14-31)21-8-9-22(28(30)34)23(16-21)26(20-6-4-3-5-7-20)29(35)32-15-12-25-27(32)24(33)17-36-25/h8-9,16,18-20,25-27H,3-7,10-15,17H2,1-2H3,(H2,30,34)/t25-,26+,27-/m1/s1. The van der Waals surface area contributed by atoms with E-state index in [1.54, 1.807) is 4.90 Å². The second-order valence-corrected chi connectivity index (χ2v) is 11.6. The molecular weight excluding hydrogens is 454 g/mol. The molecule has 0 bridgehead atoms. The van der Waals surface area contributed by atoms with Crippen molar-refractivity contribution < 1.29 is 19.1 Å². The van der Waals surface area contributed by atoms with Gasteiger partial charge in [0.1, 0.15) is 12.6 Å². The molecule has 3 aliphatic heterocycles. The van der Waals surface area contributed by atoms with Crippen molar-refractivity contribution in [3.05, 3.63) is 34.9 Å². The zero-order valence-electron chi connectivity index (χ0n) is 21.8. The number of nitrogens with two attached hydrogens (primary N) is 1. The minimum Gasteiger partial charge on any atom is -0.368 e. The molecule has 196 valence electrons. The molecule has 1 aliphatic carbocycles. The van der Waals surface area contributed by atoms with E-state index in [2.05, 4.69) is 24.8 Å². The second kappa shape index (κ2) is 10.6. The number of carbonyl (C=O) groups is 3. The fraction of sp³-hybridized carbons (Fsp3) is 0.690. The Balaban J connectivity index is 1.50. The minimum absolute atomic E-state index is 0.00553. The van der Waals surface area contributed by atoms with Crippen molar-refractivity contribution in [3.63, 3.8) is 0 Å². The highest BCUT2D eigenvalue weighted by atomic mass is 16.5. The number of ether oxygens (including phenoxy) is 1. The Kier molecular flexibility index (Phi) is 7.49. The van der Waals surface area contributed by atoms with Gasteiger partial charge in [-0.3, -0.25) is 14.4 Å². The average Bonchev–Trinajstić information content (AvgIpc) is 3.47. The maximum Gasteiger partial charge on any atom is 0.249 e. The van der Waals surface area contributed by atoms with Crippen molar-refractivity contribution >= 4 is 17.6 Å². The predicted molar refractivity (Wildman–Crippen MR) is 138 cm³/mol. The van der Waals surface area contributed by atoms with E-state index in [-0.39, 0.29) is 30.3 Å². The molecule has 3 atom stereocenters. The van der Waals surface area contributed by atoms with Crippen LogP contribution in [0.1, 0.15) is 98.5 Å². The number of ketones is 1. The van der Waals surface area contributed by atoms with E-state index in [0.717, 1.165) is 57.2 Å². The highest BCUT2D eigenvalue weighted by Crippen LogP contribution is 2.42. The summed E-state index contributed by atoms with van der Waals surface area (Å²) >= 11 is 0. The molecule has 2 amide bonds. The summed E-state index contributed by atoms with van der Waals surface area (Å²) in [5.74, 6) is -0.408. The van der Waals surface area contributed by atoms with Gasteiger partial charge in [0.05, 0.1) is 12.0 Å². The molecule has 3 heterocycles. The van der Waals surface area contributed by atoms with Crippen molar-refractivity contribution in [2.45, 2.75) is 95.2 Å². The Morgan fingerprint density at radius 2 is 1.72 bits per heavy atom. The van der Waals surface area contributed by atoms with E-state index < -0.39 is 17.9 Å². The Hall–Kier alpha value is -2.25. The first kappa shape index (κ1) is 25.4. The molecule has 1 aromatic rings. The molecule has 4 aliphatic rings. The lowest BCUT2D eigenvalue weighted by Gasteiger charge is -2.36. The van der Waals surface area contributed by atoms with Crippen molar-refractivity contribution in [1.82, 2.24) is 9.80 Å². The Morgan fingerprint density at radius 3 is 2.39 bits per heavy atom. The van der Waals surface area contributed by atoms with Gasteiger partial charge in [0.15, 0.2) is 5.78 Å². The number of rotatable bonds is 6. The number of benzene rings is 1. The molecule has 0 unspecified atom stereocenters. The highest BCUT2D eigenvalue weighted by molar-refractivity contribution is 5.99. The summed E-state index contributed by atoms with van der Waals surface area (Å²) in [7, 11) is 0. The molecule has 0 spiro atoms. The Morgan fingerprint density at radius 1 is 1.00 bits per heavy atom. The van der Waals surface area contributed by atoms with E-state index in [4.69, 9.17) is 10.5 Å². The van der Waals surface area contributed by atoms with Crippen LogP contribution in [0.5, 0.6) is 0 Å². The summed E-state index contributed by atoms with van der Waals surface area (Å²) in [6.07, 6.45) is 7.89. The summed E-state index contributed by atoms with van der Waals surface area (Å²) < 4.78 is 5.66. The van der Waals surface area contributed by atoms with E-state index in [1.165, 1.54) is 12.0 Å². The van der Waals surface area contributed by atoms with Gasteiger partial charge in [-0.1, -0.05) is 31.4 Å². The van der Waals surface area contributed by atoms with Crippen molar-refractivity contribution in [3.8, 4) is 0 Å². The van der Waals surface area contributed by atoms with Gasteiger partial charge >= 0.3 is 0 Å². The number of likely N-dealkylation sites (tertiary alicyclic amines) is 2. The number of Topliss-reactive ketones (excluding diaryl/α,β-unsaturated/α-hetero) is 1. The third-order valence-corrected chi connectivity index (χ3v) is 9.19. The normalized spacial score (nSPS) is 27.0. The smallest absolute Gasteiger partial charge is 0.249 e. The van der Waals surface area contributed by atoms with Crippen molar-refractivity contribution in [2.24, 2.45) is 11.7 Å². The summed E-state index contributed by atoms with van der Waals surface area (Å²) in [5, 5.41) is 0. The molecule has 1 aromatic carbocycles. The summed E-state index contributed by atoms with van der Waals surface area (Å²) in [6, 6.07) is 6.07. The monoisotopic (exact) mass is 495 g/mol. The second-order valence-electron chi connectivity index (χ2n) is 11.6. The first-order valence-corrected chi connectivity index (χ1v) is 14.0. The lowest BCUT2D eigenvalue weighted by atomic mass is 9.73. The van der Waals surface area contributed by atoms with Crippen LogP contribution in [0.3, 0.4) is 0 Å². The molecule has 2 N–H and O–H groups in total. The van der Waals surface area contributed by atoms with Crippen LogP contribution in [0.15, 0.2) is 18.2 Å². The number of hydrogen-bond donors (Lipinski definition) is 1. The Labute approximate surface area is 214 Å². The van der Waals surface area contributed by atoms with Gasteiger partial charge in [-0.2, -0.15) is 0 Å². The molecule has 4 fully saturated rings. The maximum absolute atomic E-state index is 14.3. The van der Waals surface area contributed by atoms with E-state index in [1.807, 2.05) is 12.1 Å². The van der Waals surface area contributed by atoms with Gasteiger partial charge in [0.25, 0.3) is 0 Å². The van der Waals surface area contributed by atoms with E-state index in [9.17, 15) is 14.4 Å². The first-order valence-electron chi connectivity index (χ1n) is 14.0. The van der Waals surface area contributed by atoms with Crippen LogP contribution >= 0.6 is 0 Å². The molecule has 3 saturated heterocycles.